The van der Waals surface area contributed by atoms with Crippen molar-refractivity contribution in [2.24, 2.45) is 0 Å². The zero-order chi connectivity index (χ0) is 8.97. The van der Waals surface area contributed by atoms with Gasteiger partial charge in [0.2, 0.25) is 0 Å². The topological polar surface area (TPSA) is 18.5 Å². The molecule has 1 rings (SSSR count). The molecule has 0 aliphatic rings. The summed E-state index contributed by atoms with van der Waals surface area (Å²) >= 11 is 2.24. The van der Waals surface area contributed by atoms with E-state index in [1.54, 1.807) is 7.11 Å². The van der Waals surface area contributed by atoms with E-state index in [1.807, 2.05) is 25.1 Å². The predicted molar refractivity (Wildman–Crippen MR) is 56.9 cm³/mol. The number of methoxy groups -OCH3 is 1. The summed E-state index contributed by atoms with van der Waals surface area (Å²) in [5.74, 6) is 1.60. The number of halogens is 1. The molecule has 0 unspecified atom stereocenters. The maximum absolute atomic E-state index is 5.38. The maximum Gasteiger partial charge on any atom is 0.162 e. The van der Waals surface area contributed by atoms with Crippen molar-refractivity contribution < 1.29 is 9.47 Å². The van der Waals surface area contributed by atoms with Crippen LogP contribution >= 0.6 is 22.6 Å². The fourth-order valence-corrected chi connectivity index (χ4v) is 1.38. The Bertz CT molecular complexity index is 261. The first kappa shape index (κ1) is 9.64. The Labute approximate surface area is 86.0 Å². The smallest absolute Gasteiger partial charge is 0.162 e. The molecule has 12 heavy (non-hydrogen) atoms. The molecule has 66 valence electrons. The van der Waals surface area contributed by atoms with E-state index in [0.717, 1.165) is 15.1 Å². The van der Waals surface area contributed by atoms with Gasteiger partial charge in [0.15, 0.2) is 11.5 Å². The highest BCUT2D eigenvalue weighted by molar-refractivity contribution is 14.1. The van der Waals surface area contributed by atoms with Gasteiger partial charge in [0.25, 0.3) is 0 Å². The number of hydrogen-bond acceptors (Lipinski definition) is 2. The molecule has 0 N–H and O–H groups in total. The second-order valence-corrected chi connectivity index (χ2v) is 3.47. The van der Waals surface area contributed by atoms with Crippen molar-refractivity contribution in [1.29, 1.82) is 0 Å². The van der Waals surface area contributed by atoms with Crippen molar-refractivity contribution in [3.05, 3.63) is 21.8 Å². The van der Waals surface area contributed by atoms with Gasteiger partial charge < -0.3 is 9.47 Å². The Morgan fingerprint density at radius 3 is 2.67 bits per heavy atom. The Morgan fingerprint density at radius 2 is 2.08 bits per heavy atom. The van der Waals surface area contributed by atoms with Crippen molar-refractivity contribution in [1.82, 2.24) is 0 Å². The van der Waals surface area contributed by atoms with Gasteiger partial charge in [-0.3, -0.25) is 0 Å². The van der Waals surface area contributed by atoms with Crippen LogP contribution in [0.2, 0.25) is 0 Å². The zero-order valence-corrected chi connectivity index (χ0v) is 9.29. The van der Waals surface area contributed by atoms with E-state index in [4.69, 9.17) is 9.47 Å². The van der Waals surface area contributed by atoms with Crippen molar-refractivity contribution >= 4 is 22.6 Å². The molecule has 0 bridgehead atoms. The van der Waals surface area contributed by atoms with Gasteiger partial charge in [-0.25, -0.2) is 0 Å². The summed E-state index contributed by atoms with van der Waals surface area (Å²) in [6.07, 6.45) is 0. The largest absolute Gasteiger partial charge is 0.493 e. The first-order chi connectivity index (χ1) is 5.77. The summed E-state index contributed by atoms with van der Waals surface area (Å²) in [6, 6.07) is 5.86. The molecule has 0 aromatic heterocycles. The Kier molecular flexibility index (Phi) is 3.65. The third kappa shape index (κ3) is 2.27. The number of hydrogen-bond donors (Lipinski definition) is 0. The summed E-state index contributed by atoms with van der Waals surface area (Å²) < 4.78 is 11.7. The molecule has 1 aromatic carbocycles. The molecule has 0 aliphatic heterocycles. The molecular formula is C9H11IO2. The van der Waals surface area contributed by atoms with Crippen LogP contribution in [0.15, 0.2) is 18.2 Å². The van der Waals surface area contributed by atoms with Crippen LogP contribution in [0, 0.1) is 3.57 Å². The molecule has 0 spiro atoms. The fourth-order valence-electron chi connectivity index (χ4n) is 0.919. The van der Waals surface area contributed by atoms with Crippen LogP contribution in [0.1, 0.15) is 6.92 Å². The van der Waals surface area contributed by atoms with Crippen molar-refractivity contribution in [2.45, 2.75) is 6.92 Å². The normalized spacial score (nSPS) is 9.58. The van der Waals surface area contributed by atoms with Gasteiger partial charge in [0.05, 0.1) is 13.7 Å². The molecule has 0 fully saturated rings. The molecule has 0 heterocycles. The highest BCUT2D eigenvalue weighted by Gasteiger charge is 2.02. The van der Waals surface area contributed by atoms with E-state index in [0.29, 0.717) is 6.61 Å². The molecule has 0 aliphatic carbocycles. The van der Waals surface area contributed by atoms with Gasteiger partial charge in [0.1, 0.15) is 0 Å². The molecule has 3 heteroatoms. The van der Waals surface area contributed by atoms with Crippen LogP contribution in [0.25, 0.3) is 0 Å². The molecule has 0 atom stereocenters. The first-order valence-electron chi connectivity index (χ1n) is 3.74. The second-order valence-electron chi connectivity index (χ2n) is 2.23. The molecular weight excluding hydrogens is 267 g/mol. The van der Waals surface area contributed by atoms with Gasteiger partial charge in [-0.15, -0.1) is 0 Å². The van der Waals surface area contributed by atoms with Crippen LogP contribution in [-0.4, -0.2) is 13.7 Å². The molecule has 0 saturated heterocycles. The summed E-state index contributed by atoms with van der Waals surface area (Å²) in [5, 5.41) is 0. The second kappa shape index (κ2) is 4.54. The zero-order valence-electron chi connectivity index (χ0n) is 7.13. The minimum atomic E-state index is 0.663. The van der Waals surface area contributed by atoms with Crippen molar-refractivity contribution in [3.63, 3.8) is 0 Å². The van der Waals surface area contributed by atoms with Crippen LogP contribution in [0.4, 0.5) is 0 Å². The van der Waals surface area contributed by atoms with E-state index >= 15 is 0 Å². The molecule has 0 amide bonds. The van der Waals surface area contributed by atoms with Gasteiger partial charge >= 0.3 is 0 Å². The first-order valence-corrected chi connectivity index (χ1v) is 4.82. The minimum absolute atomic E-state index is 0.663. The number of benzene rings is 1. The number of rotatable bonds is 3. The summed E-state index contributed by atoms with van der Waals surface area (Å²) in [6.45, 7) is 2.62. The summed E-state index contributed by atoms with van der Waals surface area (Å²) in [7, 11) is 1.64. The van der Waals surface area contributed by atoms with Crippen molar-refractivity contribution in [3.8, 4) is 11.5 Å². The fraction of sp³-hybridized carbons (Fsp3) is 0.333. The van der Waals surface area contributed by atoms with Gasteiger partial charge in [0, 0.05) is 3.57 Å². The van der Waals surface area contributed by atoms with E-state index < -0.39 is 0 Å². The van der Waals surface area contributed by atoms with E-state index in [9.17, 15) is 0 Å². The predicted octanol–water partition coefficient (Wildman–Crippen LogP) is 2.70. The van der Waals surface area contributed by atoms with Crippen molar-refractivity contribution in [2.75, 3.05) is 13.7 Å². The average Bonchev–Trinajstić information content (AvgIpc) is 2.05. The summed E-state index contributed by atoms with van der Waals surface area (Å²) in [5.41, 5.74) is 0. The Hall–Kier alpha value is -0.450. The van der Waals surface area contributed by atoms with Crippen LogP contribution in [0.3, 0.4) is 0 Å². The lowest BCUT2D eigenvalue weighted by Gasteiger charge is -2.08. The van der Waals surface area contributed by atoms with Crippen LogP contribution in [-0.2, 0) is 0 Å². The number of ether oxygens (including phenoxy) is 2. The van der Waals surface area contributed by atoms with E-state index in [1.165, 1.54) is 0 Å². The quantitative estimate of drug-likeness (QED) is 0.791. The SMILES string of the molecule is CCOc1cc(I)ccc1OC. The lowest BCUT2D eigenvalue weighted by Crippen LogP contribution is -1.95. The van der Waals surface area contributed by atoms with Crippen LogP contribution in [0.5, 0.6) is 11.5 Å². The maximum atomic E-state index is 5.38. The highest BCUT2D eigenvalue weighted by Crippen LogP contribution is 2.28. The molecule has 1 aromatic rings. The Morgan fingerprint density at radius 1 is 1.33 bits per heavy atom. The third-order valence-corrected chi connectivity index (χ3v) is 2.10. The van der Waals surface area contributed by atoms with Gasteiger partial charge in [-0.2, -0.15) is 0 Å². The van der Waals surface area contributed by atoms with Gasteiger partial charge in [-0.1, -0.05) is 0 Å². The third-order valence-electron chi connectivity index (χ3n) is 1.43. The highest BCUT2D eigenvalue weighted by atomic mass is 127. The molecule has 0 radical (unpaired) electrons. The monoisotopic (exact) mass is 278 g/mol. The molecule has 2 nitrogen and oxygen atoms in total. The molecule has 0 saturated carbocycles. The standard InChI is InChI=1S/C9H11IO2/c1-3-12-9-6-7(10)4-5-8(9)11-2/h4-6H,3H2,1-2H3. The minimum Gasteiger partial charge on any atom is -0.493 e. The van der Waals surface area contributed by atoms with E-state index in [-0.39, 0.29) is 0 Å². The van der Waals surface area contributed by atoms with Crippen LogP contribution < -0.4 is 9.47 Å². The average molecular weight is 278 g/mol. The lowest BCUT2D eigenvalue weighted by atomic mass is 10.3. The van der Waals surface area contributed by atoms with Gasteiger partial charge in [-0.05, 0) is 47.7 Å². The van der Waals surface area contributed by atoms with E-state index in [2.05, 4.69) is 22.6 Å². The summed E-state index contributed by atoms with van der Waals surface area (Å²) in [4.78, 5) is 0. The lowest BCUT2D eigenvalue weighted by molar-refractivity contribution is 0.310. The Balaban J connectivity index is 2.95.